The van der Waals surface area contributed by atoms with E-state index in [4.69, 9.17) is 5.11 Å². The smallest absolute Gasteiger partial charge is 0.374 e. The first-order chi connectivity index (χ1) is 6.50. The molecule has 78 valence electrons. The Kier molecular flexibility index (Phi) is 3.83. The molecule has 0 amide bonds. The molecule has 0 saturated heterocycles. The minimum Gasteiger partial charge on any atom is -0.374 e. The van der Waals surface area contributed by atoms with Crippen LogP contribution in [0.3, 0.4) is 0 Å². The van der Waals surface area contributed by atoms with Crippen LogP contribution >= 0.6 is 11.8 Å². The van der Waals surface area contributed by atoms with E-state index in [0.29, 0.717) is 11.8 Å². The van der Waals surface area contributed by atoms with E-state index in [0.717, 1.165) is 5.56 Å². The monoisotopic (exact) mass is 222 g/mol. The summed E-state index contributed by atoms with van der Waals surface area (Å²) in [5.74, 6) is 0.154. The van der Waals surface area contributed by atoms with E-state index in [2.05, 4.69) is 0 Å². The van der Waals surface area contributed by atoms with Gasteiger partial charge in [0, 0.05) is 5.75 Å². The molecule has 1 aromatic carbocycles. The lowest BCUT2D eigenvalue weighted by atomic mass is 10.2. The quantitative estimate of drug-likeness (QED) is 0.793. The second kappa shape index (κ2) is 4.70. The summed E-state index contributed by atoms with van der Waals surface area (Å²) in [6, 6.07) is 8.71. The summed E-state index contributed by atoms with van der Waals surface area (Å²) >= 11 is 0.467. The molecule has 1 unspecified atom stereocenters. The first kappa shape index (κ1) is 11.4. The van der Waals surface area contributed by atoms with E-state index in [1.54, 1.807) is 30.3 Å². The van der Waals surface area contributed by atoms with Crippen LogP contribution in [0.2, 0.25) is 0 Å². The van der Waals surface area contributed by atoms with E-state index in [1.165, 1.54) is 0 Å². The Morgan fingerprint density at radius 1 is 1.21 bits per heavy atom. The molecule has 5 heteroatoms. The molecule has 1 N–H and O–H groups in total. The third-order valence-electron chi connectivity index (χ3n) is 1.53. The van der Waals surface area contributed by atoms with Crippen molar-refractivity contribution in [1.82, 2.24) is 0 Å². The minimum absolute atomic E-state index is 0.154. The first-order valence-electron chi connectivity index (χ1n) is 3.90. The zero-order valence-electron chi connectivity index (χ0n) is 7.16. The zero-order chi connectivity index (χ0) is 10.6. The number of aliphatic hydroxyl groups is 1. The molecule has 0 heterocycles. The van der Waals surface area contributed by atoms with Crippen LogP contribution in [0.15, 0.2) is 30.3 Å². The highest BCUT2D eigenvalue weighted by Gasteiger charge is 2.38. The molecule has 0 radical (unpaired) electrons. The third-order valence-corrected chi connectivity index (χ3v) is 2.61. The zero-order valence-corrected chi connectivity index (χ0v) is 7.98. The molecule has 0 spiro atoms. The standard InChI is InChI=1S/C9H9F3OS/c10-9(11,12)8(13)14-6-7-4-2-1-3-5-7/h1-5,8,13H,6H2. The Morgan fingerprint density at radius 2 is 1.79 bits per heavy atom. The number of aliphatic hydroxyl groups excluding tert-OH is 1. The van der Waals surface area contributed by atoms with E-state index in [1.807, 2.05) is 0 Å². The van der Waals surface area contributed by atoms with Crippen LogP contribution in [0.4, 0.5) is 13.2 Å². The number of halogens is 3. The molecule has 0 saturated carbocycles. The molecular formula is C9H9F3OS. The van der Waals surface area contributed by atoms with Gasteiger partial charge in [-0.15, -0.1) is 11.8 Å². The lowest BCUT2D eigenvalue weighted by Gasteiger charge is -2.13. The van der Waals surface area contributed by atoms with Gasteiger partial charge in [0.25, 0.3) is 0 Å². The van der Waals surface area contributed by atoms with Crippen LogP contribution in [0.1, 0.15) is 5.56 Å². The maximum absolute atomic E-state index is 11.9. The van der Waals surface area contributed by atoms with Crippen molar-refractivity contribution in [1.29, 1.82) is 0 Å². The average molecular weight is 222 g/mol. The predicted molar refractivity (Wildman–Crippen MR) is 49.8 cm³/mol. The second-order valence-corrected chi connectivity index (χ2v) is 3.76. The van der Waals surface area contributed by atoms with E-state index < -0.39 is 11.6 Å². The summed E-state index contributed by atoms with van der Waals surface area (Å²) in [6.07, 6.45) is -4.54. The van der Waals surface area contributed by atoms with Gasteiger partial charge in [-0.05, 0) is 5.56 Å². The molecule has 0 aliphatic heterocycles. The lowest BCUT2D eigenvalue weighted by molar-refractivity contribution is -0.173. The van der Waals surface area contributed by atoms with Crippen LogP contribution in [-0.4, -0.2) is 16.7 Å². The van der Waals surface area contributed by atoms with Gasteiger partial charge < -0.3 is 5.11 Å². The molecule has 14 heavy (non-hydrogen) atoms. The molecule has 0 bridgehead atoms. The van der Waals surface area contributed by atoms with Crippen molar-refractivity contribution in [2.75, 3.05) is 0 Å². The summed E-state index contributed by atoms with van der Waals surface area (Å²) in [5, 5.41) is 8.68. The molecule has 0 aromatic heterocycles. The van der Waals surface area contributed by atoms with Crippen LogP contribution in [0.25, 0.3) is 0 Å². The van der Waals surface area contributed by atoms with Gasteiger partial charge in [0.2, 0.25) is 0 Å². The number of thioether (sulfide) groups is 1. The van der Waals surface area contributed by atoms with E-state index >= 15 is 0 Å². The topological polar surface area (TPSA) is 20.2 Å². The van der Waals surface area contributed by atoms with Crippen LogP contribution in [0, 0.1) is 0 Å². The van der Waals surface area contributed by atoms with Gasteiger partial charge in [-0.1, -0.05) is 30.3 Å². The van der Waals surface area contributed by atoms with Crippen molar-refractivity contribution in [3.8, 4) is 0 Å². The van der Waals surface area contributed by atoms with Gasteiger partial charge in [-0.3, -0.25) is 0 Å². The molecule has 0 fully saturated rings. The minimum atomic E-state index is -4.54. The van der Waals surface area contributed by atoms with Crippen molar-refractivity contribution >= 4 is 11.8 Å². The normalized spacial score (nSPS) is 14.0. The molecule has 1 rings (SSSR count). The van der Waals surface area contributed by atoms with Crippen LogP contribution < -0.4 is 0 Å². The van der Waals surface area contributed by atoms with Gasteiger partial charge in [-0.25, -0.2) is 0 Å². The number of alkyl halides is 3. The Hall–Kier alpha value is -0.680. The fourth-order valence-electron chi connectivity index (χ4n) is 0.844. The first-order valence-corrected chi connectivity index (χ1v) is 4.95. The largest absolute Gasteiger partial charge is 0.423 e. The predicted octanol–water partition coefficient (Wildman–Crippen LogP) is 2.80. The van der Waals surface area contributed by atoms with Crippen LogP contribution in [-0.2, 0) is 5.75 Å². The Balaban J connectivity index is 2.42. The molecule has 0 aliphatic carbocycles. The SMILES string of the molecule is OC(SCc1ccccc1)C(F)(F)F. The molecule has 1 aromatic rings. The van der Waals surface area contributed by atoms with Gasteiger partial charge in [0.1, 0.15) is 0 Å². The Labute approximate surface area is 83.9 Å². The number of hydrogen-bond acceptors (Lipinski definition) is 2. The number of hydrogen-bond donors (Lipinski definition) is 1. The molecule has 1 nitrogen and oxygen atoms in total. The van der Waals surface area contributed by atoms with Crippen LogP contribution in [0.5, 0.6) is 0 Å². The molecule has 1 atom stereocenters. The van der Waals surface area contributed by atoms with Crippen molar-refractivity contribution in [2.45, 2.75) is 17.4 Å². The van der Waals surface area contributed by atoms with E-state index in [9.17, 15) is 13.2 Å². The fraction of sp³-hybridized carbons (Fsp3) is 0.333. The Bertz CT molecular complexity index is 273. The van der Waals surface area contributed by atoms with Gasteiger partial charge in [-0.2, -0.15) is 13.2 Å². The van der Waals surface area contributed by atoms with Crippen molar-refractivity contribution < 1.29 is 18.3 Å². The maximum Gasteiger partial charge on any atom is 0.423 e. The van der Waals surface area contributed by atoms with Gasteiger partial charge >= 0.3 is 6.18 Å². The summed E-state index contributed by atoms with van der Waals surface area (Å²) < 4.78 is 35.6. The highest BCUT2D eigenvalue weighted by Crippen LogP contribution is 2.30. The summed E-state index contributed by atoms with van der Waals surface area (Å²) in [6.45, 7) is 0. The maximum atomic E-state index is 11.9. The summed E-state index contributed by atoms with van der Waals surface area (Å²) in [7, 11) is 0. The second-order valence-electron chi connectivity index (χ2n) is 2.69. The highest BCUT2D eigenvalue weighted by atomic mass is 32.2. The summed E-state index contributed by atoms with van der Waals surface area (Å²) in [5.41, 5.74) is -1.54. The van der Waals surface area contributed by atoms with Crippen molar-refractivity contribution in [2.24, 2.45) is 0 Å². The van der Waals surface area contributed by atoms with E-state index in [-0.39, 0.29) is 5.75 Å². The van der Waals surface area contributed by atoms with Crippen molar-refractivity contribution in [3.05, 3.63) is 35.9 Å². The lowest BCUT2D eigenvalue weighted by Crippen LogP contribution is -2.25. The average Bonchev–Trinajstić information content (AvgIpc) is 2.14. The summed E-state index contributed by atoms with van der Waals surface area (Å²) in [4.78, 5) is 0. The Morgan fingerprint density at radius 3 is 2.29 bits per heavy atom. The molecule has 0 aliphatic rings. The highest BCUT2D eigenvalue weighted by molar-refractivity contribution is 7.99. The number of benzene rings is 1. The third kappa shape index (κ3) is 3.59. The van der Waals surface area contributed by atoms with Gasteiger partial charge in [0.05, 0.1) is 0 Å². The van der Waals surface area contributed by atoms with Crippen molar-refractivity contribution in [3.63, 3.8) is 0 Å². The number of rotatable bonds is 3. The van der Waals surface area contributed by atoms with Gasteiger partial charge in [0.15, 0.2) is 5.44 Å². The fourth-order valence-corrected chi connectivity index (χ4v) is 1.58. The molecular weight excluding hydrogens is 213 g/mol.